The van der Waals surface area contributed by atoms with Crippen LogP contribution < -0.4 is 9.64 Å². The zero-order valence-electron chi connectivity index (χ0n) is 14.6. The Balaban J connectivity index is 1.30. The molecule has 2 atom stereocenters. The zero-order chi connectivity index (χ0) is 17.2. The van der Waals surface area contributed by atoms with E-state index in [-0.39, 0.29) is 5.91 Å². The second-order valence-electron chi connectivity index (χ2n) is 6.92. The van der Waals surface area contributed by atoms with Crippen LogP contribution in [-0.4, -0.2) is 46.3 Å². The van der Waals surface area contributed by atoms with Crippen molar-refractivity contribution in [2.24, 2.45) is 7.05 Å². The first-order chi connectivity index (χ1) is 12.2. The molecule has 4 rings (SSSR count). The molecule has 2 unspecified atom stereocenters. The van der Waals surface area contributed by atoms with E-state index in [1.807, 2.05) is 47.1 Å². The molecule has 25 heavy (non-hydrogen) atoms. The van der Waals surface area contributed by atoms with E-state index >= 15 is 0 Å². The lowest BCUT2D eigenvalue weighted by Gasteiger charge is -2.27. The number of nitrogens with zero attached hydrogens (tertiary/aromatic N) is 4. The van der Waals surface area contributed by atoms with Crippen LogP contribution in [-0.2, 0) is 18.4 Å². The van der Waals surface area contributed by atoms with Crippen molar-refractivity contribution in [2.45, 2.75) is 31.8 Å². The first kappa shape index (κ1) is 16.1. The average Bonchev–Trinajstić information content (AvgIpc) is 3.23. The first-order valence-electron chi connectivity index (χ1n) is 8.94. The van der Waals surface area contributed by atoms with Crippen molar-refractivity contribution in [3.8, 4) is 5.75 Å². The number of hydrogen-bond acceptors (Lipinski definition) is 4. The van der Waals surface area contributed by atoms with Crippen molar-refractivity contribution in [1.29, 1.82) is 0 Å². The van der Waals surface area contributed by atoms with Crippen molar-refractivity contribution < 1.29 is 9.53 Å². The van der Waals surface area contributed by atoms with Crippen LogP contribution in [0.5, 0.6) is 5.75 Å². The highest BCUT2D eigenvalue weighted by atomic mass is 16.5. The van der Waals surface area contributed by atoms with Crippen LogP contribution in [0.25, 0.3) is 0 Å². The molecule has 1 amide bonds. The number of carbonyl (C=O) groups excluding carboxylic acids is 1. The van der Waals surface area contributed by atoms with Gasteiger partial charge in [-0.05, 0) is 25.0 Å². The van der Waals surface area contributed by atoms with Gasteiger partial charge in [0.15, 0.2) is 0 Å². The highest BCUT2D eigenvalue weighted by Crippen LogP contribution is 2.27. The van der Waals surface area contributed by atoms with Crippen molar-refractivity contribution in [3.63, 3.8) is 0 Å². The Morgan fingerprint density at radius 2 is 2.24 bits per heavy atom. The SMILES string of the molecule is Cn1cc(CN2CC2COc2cccc(N3CCCCC3=O)c2)cn1. The number of carbonyl (C=O) groups is 1. The van der Waals surface area contributed by atoms with Crippen LogP contribution in [0.2, 0.25) is 0 Å². The molecule has 132 valence electrons. The molecule has 2 aliphatic rings. The standard InChI is InChI=1S/C19H24N4O2/c1-21-11-15(10-20-21)12-22-13-17(22)14-25-18-6-4-5-16(9-18)23-8-3-2-7-19(23)24/h4-6,9-11,17H,2-3,7-8,12-14H2,1H3. The maximum absolute atomic E-state index is 12.1. The summed E-state index contributed by atoms with van der Waals surface area (Å²) in [6, 6.07) is 8.36. The Morgan fingerprint density at radius 1 is 1.32 bits per heavy atom. The van der Waals surface area contributed by atoms with Gasteiger partial charge in [0.1, 0.15) is 12.4 Å². The molecule has 2 fully saturated rings. The van der Waals surface area contributed by atoms with Crippen LogP contribution >= 0.6 is 0 Å². The van der Waals surface area contributed by atoms with E-state index < -0.39 is 0 Å². The summed E-state index contributed by atoms with van der Waals surface area (Å²) in [5, 5.41) is 4.20. The van der Waals surface area contributed by atoms with E-state index in [0.717, 1.165) is 43.9 Å². The van der Waals surface area contributed by atoms with Gasteiger partial charge < -0.3 is 9.64 Å². The molecule has 6 heteroatoms. The number of ether oxygens (including phenoxy) is 1. The van der Waals surface area contributed by atoms with Gasteiger partial charge in [-0.15, -0.1) is 0 Å². The lowest BCUT2D eigenvalue weighted by atomic mass is 10.1. The molecular formula is C19H24N4O2. The number of anilines is 1. The van der Waals surface area contributed by atoms with E-state index in [1.54, 1.807) is 0 Å². The highest BCUT2D eigenvalue weighted by Gasteiger charge is 2.34. The monoisotopic (exact) mass is 340 g/mol. The fraction of sp³-hybridized carbons (Fsp3) is 0.474. The summed E-state index contributed by atoms with van der Waals surface area (Å²) in [5.74, 6) is 1.05. The molecule has 0 aliphatic carbocycles. The van der Waals surface area contributed by atoms with E-state index in [1.165, 1.54) is 5.56 Å². The van der Waals surface area contributed by atoms with Gasteiger partial charge in [0, 0.05) is 56.6 Å². The minimum atomic E-state index is 0.216. The van der Waals surface area contributed by atoms with Crippen molar-refractivity contribution in [3.05, 3.63) is 42.2 Å². The van der Waals surface area contributed by atoms with E-state index in [2.05, 4.69) is 16.2 Å². The first-order valence-corrected chi connectivity index (χ1v) is 8.94. The predicted molar refractivity (Wildman–Crippen MR) is 95.5 cm³/mol. The minimum Gasteiger partial charge on any atom is -0.492 e. The topological polar surface area (TPSA) is 50.4 Å². The summed E-state index contributed by atoms with van der Waals surface area (Å²) in [7, 11) is 1.94. The number of amides is 1. The van der Waals surface area contributed by atoms with Crippen molar-refractivity contribution >= 4 is 11.6 Å². The third-order valence-electron chi connectivity index (χ3n) is 4.87. The molecule has 2 aliphatic heterocycles. The quantitative estimate of drug-likeness (QED) is 0.757. The van der Waals surface area contributed by atoms with E-state index in [4.69, 9.17) is 4.74 Å². The number of aryl methyl sites for hydroxylation is 1. The molecule has 0 bridgehead atoms. The molecule has 0 spiro atoms. The van der Waals surface area contributed by atoms with Crippen LogP contribution in [0.3, 0.4) is 0 Å². The molecule has 3 heterocycles. The minimum absolute atomic E-state index is 0.216. The second-order valence-corrected chi connectivity index (χ2v) is 6.92. The van der Waals surface area contributed by atoms with Crippen LogP contribution in [0, 0.1) is 0 Å². The maximum Gasteiger partial charge on any atom is 0.226 e. The van der Waals surface area contributed by atoms with Crippen LogP contribution in [0.1, 0.15) is 24.8 Å². The lowest BCUT2D eigenvalue weighted by molar-refractivity contribution is -0.119. The summed E-state index contributed by atoms with van der Waals surface area (Å²) in [4.78, 5) is 16.3. The number of benzene rings is 1. The molecule has 0 saturated carbocycles. The molecule has 1 aromatic carbocycles. The Kier molecular flexibility index (Phi) is 4.44. The van der Waals surface area contributed by atoms with Gasteiger partial charge in [0.2, 0.25) is 5.91 Å². The van der Waals surface area contributed by atoms with Gasteiger partial charge in [-0.3, -0.25) is 14.4 Å². The van der Waals surface area contributed by atoms with Gasteiger partial charge >= 0.3 is 0 Å². The molecule has 2 saturated heterocycles. The predicted octanol–water partition coefficient (Wildman–Crippen LogP) is 2.20. The number of piperidine rings is 1. The second kappa shape index (κ2) is 6.88. The highest BCUT2D eigenvalue weighted by molar-refractivity contribution is 5.94. The van der Waals surface area contributed by atoms with E-state index in [9.17, 15) is 4.79 Å². The molecular weight excluding hydrogens is 316 g/mol. The van der Waals surface area contributed by atoms with Gasteiger partial charge in [0.25, 0.3) is 0 Å². The maximum atomic E-state index is 12.1. The summed E-state index contributed by atoms with van der Waals surface area (Å²) >= 11 is 0. The fourth-order valence-electron chi connectivity index (χ4n) is 3.38. The molecule has 1 aromatic heterocycles. The smallest absolute Gasteiger partial charge is 0.226 e. The van der Waals surface area contributed by atoms with Gasteiger partial charge in [0.05, 0.1) is 12.2 Å². The molecule has 0 N–H and O–H groups in total. The number of rotatable bonds is 6. The molecule has 6 nitrogen and oxygen atoms in total. The Bertz CT molecular complexity index is 757. The average molecular weight is 340 g/mol. The summed E-state index contributed by atoms with van der Waals surface area (Å²) < 4.78 is 7.80. The van der Waals surface area contributed by atoms with Crippen molar-refractivity contribution in [1.82, 2.24) is 14.7 Å². The Morgan fingerprint density at radius 3 is 3.04 bits per heavy atom. The lowest BCUT2D eigenvalue weighted by Crippen LogP contribution is -2.35. The fourth-order valence-corrected chi connectivity index (χ4v) is 3.38. The van der Waals surface area contributed by atoms with E-state index in [0.29, 0.717) is 19.1 Å². The third-order valence-corrected chi connectivity index (χ3v) is 4.87. The Hall–Kier alpha value is -2.34. The van der Waals surface area contributed by atoms with Gasteiger partial charge in [-0.25, -0.2) is 0 Å². The normalized spacial score (nSPS) is 22.9. The number of aromatic nitrogens is 2. The molecule has 2 aromatic rings. The zero-order valence-corrected chi connectivity index (χ0v) is 14.6. The number of hydrogen-bond donors (Lipinski definition) is 0. The molecule has 0 radical (unpaired) electrons. The summed E-state index contributed by atoms with van der Waals surface area (Å²) in [6.45, 7) is 3.46. The third kappa shape index (κ3) is 3.85. The summed E-state index contributed by atoms with van der Waals surface area (Å²) in [5.41, 5.74) is 2.18. The van der Waals surface area contributed by atoms with Crippen LogP contribution in [0.4, 0.5) is 5.69 Å². The Labute approximate surface area is 148 Å². The van der Waals surface area contributed by atoms with Crippen LogP contribution in [0.15, 0.2) is 36.7 Å². The summed E-state index contributed by atoms with van der Waals surface area (Å²) in [6.07, 6.45) is 6.68. The largest absolute Gasteiger partial charge is 0.492 e. The van der Waals surface area contributed by atoms with Crippen molar-refractivity contribution in [2.75, 3.05) is 24.6 Å². The van der Waals surface area contributed by atoms with Gasteiger partial charge in [-0.2, -0.15) is 5.10 Å². The van der Waals surface area contributed by atoms with Gasteiger partial charge in [-0.1, -0.05) is 6.07 Å².